The van der Waals surface area contributed by atoms with E-state index in [1.54, 1.807) is 6.07 Å². The van der Waals surface area contributed by atoms with Crippen LogP contribution in [0.2, 0.25) is 0 Å². The van der Waals surface area contributed by atoms with Crippen LogP contribution in [-0.2, 0) is 6.61 Å². The molecule has 3 nitrogen and oxygen atoms in total. The molecule has 0 atom stereocenters. The quantitative estimate of drug-likeness (QED) is 0.889. The molecule has 0 aliphatic rings. The summed E-state index contributed by atoms with van der Waals surface area (Å²) in [7, 11) is 0. The molecular formula is C8H5BrF2N2O. The van der Waals surface area contributed by atoms with E-state index in [4.69, 9.17) is 10.4 Å². The van der Waals surface area contributed by atoms with Crippen molar-refractivity contribution < 1.29 is 13.9 Å². The fraction of sp³-hybridized carbons (Fsp3) is 0.250. The van der Waals surface area contributed by atoms with Gasteiger partial charge in [0.15, 0.2) is 5.69 Å². The van der Waals surface area contributed by atoms with Crippen molar-refractivity contribution in [2.45, 2.75) is 13.0 Å². The number of nitriles is 1. The first-order valence-corrected chi connectivity index (χ1v) is 4.38. The van der Waals surface area contributed by atoms with Crippen molar-refractivity contribution in [2.24, 2.45) is 0 Å². The Morgan fingerprint density at radius 1 is 1.64 bits per heavy atom. The number of hydrogen-bond acceptors (Lipinski definition) is 3. The van der Waals surface area contributed by atoms with Gasteiger partial charge in [-0.15, -0.1) is 0 Å². The molecule has 1 aromatic heterocycles. The smallest absolute Gasteiger partial charge is 0.280 e. The van der Waals surface area contributed by atoms with Gasteiger partial charge in [0, 0.05) is 0 Å². The van der Waals surface area contributed by atoms with Gasteiger partial charge in [0.1, 0.15) is 11.8 Å². The fourth-order valence-electron chi connectivity index (χ4n) is 0.905. The fourth-order valence-corrected chi connectivity index (χ4v) is 1.32. The Bertz CT molecular complexity index is 390. The number of pyridine rings is 1. The van der Waals surface area contributed by atoms with Gasteiger partial charge < -0.3 is 5.11 Å². The zero-order chi connectivity index (χ0) is 10.7. The Hall–Kier alpha value is -1.06. The molecule has 6 heteroatoms. The van der Waals surface area contributed by atoms with E-state index in [2.05, 4.69) is 20.9 Å². The standard InChI is InChI=1S/C8H5BrF2N2O/c9-7-4(3-14)1-5(8(10)11)13-6(7)2-12/h1,8,14H,3H2. The van der Waals surface area contributed by atoms with Crippen molar-refractivity contribution in [3.05, 3.63) is 27.5 Å². The van der Waals surface area contributed by atoms with Crippen LogP contribution in [0.1, 0.15) is 23.4 Å². The molecule has 1 heterocycles. The molecule has 0 aliphatic heterocycles. The van der Waals surface area contributed by atoms with Gasteiger partial charge in [-0.2, -0.15) is 5.26 Å². The predicted molar refractivity (Wildman–Crippen MR) is 47.5 cm³/mol. The molecule has 74 valence electrons. The SMILES string of the molecule is N#Cc1nc(C(F)F)cc(CO)c1Br. The molecule has 0 spiro atoms. The van der Waals surface area contributed by atoms with E-state index >= 15 is 0 Å². The van der Waals surface area contributed by atoms with Gasteiger partial charge in [0.25, 0.3) is 6.43 Å². The van der Waals surface area contributed by atoms with Crippen LogP contribution in [0.5, 0.6) is 0 Å². The molecule has 1 rings (SSSR count). The van der Waals surface area contributed by atoms with E-state index in [0.717, 1.165) is 6.07 Å². The lowest BCUT2D eigenvalue weighted by Crippen LogP contribution is -1.99. The zero-order valence-electron chi connectivity index (χ0n) is 6.84. The van der Waals surface area contributed by atoms with Gasteiger partial charge in [0.05, 0.1) is 11.1 Å². The second-order valence-electron chi connectivity index (χ2n) is 2.44. The summed E-state index contributed by atoms with van der Waals surface area (Å²) in [5.74, 6) is 0. The average molecular weight is 263 g/mol. The van der Waals surface area contributed by atoms with Crippen LogP contribution in [0.15, 0.2) is 10.5 Å². The number of aromatic nitrogens is 1. The molecule has 0 saturated heterocycles. The van der Waals surface area contributed by atoms with Crippen molar-refractivity contribution in [1.29, 1.82) is 5.26 Å². The molecule has 0 aliphatic carbocycles. The summed E-state index contributed by atoms with van der Waals surface area (Å²) in [6.07, 6.45) is -2.75. The molecule has 0 saturated carbocycles. The van der Waals surface area contributed by atoms with Gasteiger partial charge in [-0.25, -0.2) is 13.8 Å². The molecule has 0 aromatic carbocycles. The number of halogens is 3. The average Bonchev–Trinajstić information content (AvgIpc) is 2.17. The van der Waals surface area contributed by atoms with Gasteiger partial charge in [0.2, 0.25) is 0 Å². The molecule has 0 bridgehead atoms. The monoisotopic (exact) mass is 262 g/mol. The third kappa shape index (κ3) is 2.05. The molecule has 1 aromatic rings. The topological polar surface area (TPSA) is 56.9 Å². The first-order chi connectivity index (χ1) is 6.60. The Balaban J connectivity index is 3.34. The molecular weight excluding hydrogens is 258 g/mol. The van der Waals surface area contributed by atoms with Crippen LogP contribution < -0.4 is 0 Å². The Kier molecular flexibility index (Phi) is 3.49. The number of aliphatic hydroxyl groups excluding tert-OH is 1. The second-order valence-corrected chi connectivity index (χ2v) is 3.23. The number of nitrogens with zero attached hydrogens (tertiary/aromatic N) is 2. The van der Waals surface area contributed by atoms with Crippen molar-refractivity contribution >= 4 is 15.9 Å². The van der Waals surface area contributed by atoms with Gasteiger partial charge in [-0.3, -0.25) is 0 Å². The molecule has 0 fully saturated rings. The van der Waals surface area contributed by atoms with Gasteiger partial charge in [-0.1, -0.05) is 0 Å². The Labute approximate surface area is 87.1 Å². The van der Waals surface area contributed by atoms with Crippen LogP contribution in [0.4, 0.5) is 8.78 Å². The first kappa shape index (κ1) is 11.0. The third-order valence-electron chi connectivity index (χ3n) is 1.55. The third-order valence-corrected chi connectivity index (χ3v) is 2.44. The van der Waals surface area contributed by atoms with Crippen LogP contribution in [0, 0.1) is 11.3 Å². The molecule has 14 heavy (non-hydrogen) atoms. The summed E-state index contributed by atoms with van der Waals surface area (Å²) < 4.78 is 24.8. The zero-order valence-corrected chi connectivity index (χ0v) is 8.42. The maximum Gasteiger partial charge on any atom is 0.280 e. The van der Waals surface area contributed by atoms with Gasteiger partial charge >= 0.3 is 0 Å². The summed E-state index contributed by atoms with van der Waals surface area (Å²) in [6.45, 7) is -0.419. The number of aliphatic hydroxyl groups is 1. The highest BCUT2D eigenvalue weighted by Gasteiger charge is 2.15. The van der Waals surface area contributed by atoms with Crippen molar-refractivity contribution in [3.63, 3.8) is 0 Å². The molecule has 0 unspecified atom stereocenters. The van der Waals surface area contributed by atoms with E-state index in [-0.39, 0.29) is 15.7 Å². The highest BCUT2D eigenvalue weighted by molar-refractivity contribution is 9.10. The normalized spacial score (nSPS) is 10.3. The molecule has 1 N–H and O–H groups in total. The van der Waals surface area contributed by atoms with Crippen LogP contribution >= 0.6 is 15.9 Å². The minimum atomic E-state index is -2.75. The minimum absolute atomic E-state index is 0.146. The van der Waals surface area contributed by atoms with Gasteiger partial charge in [-0.05, 0) is 27.6 Å². The first-order valence-electron chi connectivity index (χ1n) is 3.58. The van der Waals surface area contributed by atoms with Crippen LogP contribution in [0.3, 0.4) is 0 Å². The summed E-state index contributed by atoms with van der Waals surface area (Å²) in [5.41, 5.74) is -0.424. The lowest BCUT2D eigenvalue weighted by atomic mass is 10.2. The van der Waals surface area contributed by atoms with Crippen molar-refractivity contribution in [1.82, 2.24) is 4.98 Å². The number of rotatable bonds is 2. The Morgan fingerprint density at radius 3 is 2.71 bits per heavy atom. The van der Waals surface area contributed by atoms with E-state index in [9.17, 15) is 8.78 Å². The highest BCUT2D eigenvalue weighted by atomic mass is 79.9. The minimum Gasteiger partial charge on any atom is -0.392 e. The highest BCUT2D eigenvalue weighted by Crippen LogP contribution is 2.25. The van der Waals surface area contributed by atoms with E-state index in [1.807, 2.05) is 0 Å². The van der Waals surface area contributed by atoms with E-state index in [1.165, 1.54) is 0 Å². The van der Waals surface area contributed by atoms with Crippen LogP contribution in [0.25, 0.3) is 0 Å². The number of hydrogen-bond donors (Lipinski definition) is 1. The summed E-state index contributed by atoms with van der Waals surface area (Å²) >= 11 is 2.99. The maximum absolute atomic E-state index is 12.3. The molecule has 0 radical (unpaired) electrons. The van der Waals surface area contributed by atoms with Crippen molar-refractivity contribution in [2.75, 3.05) is 0 Å². The summed E-state index contributed by atoms with van der Waals surface area (Å²) in [5, 5.41) is 17.4. The maximum atomic E-state index is 12.3. The van der Waals surface area contributed by atoms with E-state index < -0.39 is 18.7 Å². The van der Waals surface area contributed by atoms with E-state index in [0.29, 0.717) is 0 Å². The second kappa shape index (κ2) is 4.44. The molecule has 0 amide bonds. The number of alkyl halides is 2. The van der Waals surface area contributed by atoms with Crippen molar-refractivity contribution in [3.8, 4) is 6.07 Å². The van der Waals surface area contributed by atoms with Crippen LogP contribution in [-0.4, -0.2) is 10.1 Å². The summed E-state index contributed by atoms with van der Waals surface area (Å²) in [4.78, 5) is 3.43. The lowest BCUT2D eigenvalue weighted by molar-refractivity contribution is 0.145. The lowest BCUT2D eigenvalue weighted by Gasteiger charge is -2.05. The predicted octanol–water partition coefficient (Wildman–Crippen LogP) is 2.15. The largest absolute Gasteiger partial charge is 0.392 e. The Morgan fingerprint density at radius 2 is 2.29 bits per heavy atom. The summed E-state index contributed by atoms with van der Waals surface area (Å²) in [6, 6.07) is 2.73.